The van der Waals surface area contributed by atoms with E-state index in [1.807, 2.05) is 11.4 Å². The van der Waals surface area contributed by atoms with E-state index in [1.54, 1.807) is 0 Å². The highest BCUT2D eigenvalue weighted by Crippen LogP contribution is 2.13. The maximum atomic E-state index is 3.81. The molecular weight excluding hydrogens is 134 g/mol. The van der Waals surface area contributed by atoms with Gasteiger partial charge < -0.3 is 5.32 Å². The van der Waals surface area contributed by atoms with Crippen molar-refractivity contribution in [2.75, 3.05) is 0 Å². The largest absolute Gasteiger partial charge is 0.471 e. The number of rotatable bonds is 2. The number of hydrogen-bond donors (Lipinski definition) is 1. The van der Waals surface area contributed by atoms with Crippen molar-refractivity contribution >= 4 is 0 Å². The quantitative estimate of drug-likeness (QED) is 0.610. The predicted octanol–water partition coefficient (Wildman–Crippen LogP) is 1.28. The number of hydrogen-bond acceptors (Lipinski definition) is 0. The lowest BCUT2D eigenvalue weighted by molar-refractivity contribution is -0.677. The van der Waals surface area contributed by atoms with Crippen molar-refractivity contribution in [3.05, 3.63) is 42.9 Å². The molecule has 0 bridgehead atoms. The fraction of sp³-hybridized carbons (Fsp3) is 0.300. The van der Waals surface area contributed by atoms with Crippen LogP contribution in [0.3, 0.4) is 0 Å². The molecule has 2 N–H and O–H groups in total. The van der Waals surface area contributed by atoms with E-state index in [2.05, 4.69) is 45.2 Å². The van der Waals surface area contributed by atoms with Crippen molar-refractivity contribution in [3.63, 3.8) is 0 Å². The zero-order valence-corrected chi connectivity index (χ0v) is 7.17. The molecule has 0 saturated carbocycles. The predicted molar refractivity (Wildman–Crippen MR) is 46.8 cm³/mol. The summed E-state index contributed by atoms with van der Waals surface area (Å²) in [6, 6.07) is 10.4. The molecule has 1 nitrogen and oxygen atoms in total. The van der Waals surface area contributed by atoms with Gasteiger partial charge in [0.05, 0.1) is 5.54 Å². The number of benzene rings is 1. The van der Waals surface area contributed by atoms with Crippen LogP contribution in [0, 0.1) is 7.05 Å². The highest BCUT2D eigenvalue weighted by atomic mass is 14.9. The second kappa shape index (κ2) is 3.05. The van der Waals surface area contributed by atoms with E-state index in [9.17, 15) is 0 Å². The molecule has 0 spiro atoms. The van der Waals surface area contributed by atoms with Crippen molar-refractivity contribution in [1.29, 1.82) is 0 Å². The summed E-state index contributed by atoms with van der Waals surface area (Å²) in [5, 5.41) is 1.97. The van der Waals surface area contributed by atoms with E-state index in [4.69, 9.17) is 0 Å². The Hall–Kier alpha value is -0.820. The first-order valence-electron chi connectivity index (χ1n) is 3.86. The van der Waals surface area contributed by atoms with Crippen LogP contribution in [0.15, 0.2) is 30.3 Å². The number of quaternary nitrogens is 1. The van der Waals surface area contributed by atoms with Gasteiger partial charge in [0.25, 0.3) is 0 Å². The summed E-state index contributed by atoms with van der Waals surface area (Å²) in [6.45, 7) is 4.32. The Morgan fingerprint density at radius 2 is 1.73 bits per heavy atom. The smallest absolute Gasteiger partial charge is 0.0922 e. The molecule has 60 valence electrons. The minimum absolute atomic E-state index is 0.0985. The van der Waals surface area contributed by atoms with Crippen LogP contribution in [-0.4, -0.2) is 0 Å². The first kappa shape index (κ1) is 8.28. The third-order valence-electron chi connectivity index (χ3n) is 2.03. The van der Waals surface area contributed by atoms with Crippen LogP contribution in [0.1, 0.15) is 19.4 Å². The molecule has 1 aromatic carbocycles. The van der Waals surface area contributed by atoms with Gasteiger partial charge >= 0.3 is 0 Å². The van der Waals surface area contributed by atoms with Crippen LogP contribution in [0.4, 0.5) is 0 Å². The van der Waals surface area contributed by atoms with Crippen molar-refractivity contribution in [1.82, 2.24) is 0 Å². The zero-order valence-electron chi connectivity index (χ0n) is 7.17. The highest BCUT2D eigenvalue weighted by Gasteiger charge is 2.17. The molecule has 1 aromatic rings. The van der Waals surface area contributed by atoms with Gasteiger partial charge in [-0.05, 0) is 13.8 Å². The lowest BCUT2D eigenvalue weighted by Crippen LogP contribution is -2.87. The second-order valence-electron chi connectivity index (χ2n) is 3.29. The Kier molecular flexibility index (Phi) is 2.30. The molecule has 0 saturated heterocycles. The summed E-state index contributed by atoms with van der Waals surface area (Å²) < 4.78 is 0. The standard InChI is InChI=1S/C10H15N/c1-10(2,11-3)9-7-5-4-6-8-9/h4-8H,3,11H2,1-2H3. The SMILES string of the molecule is [CH2-][NH2+]C(C)(C)c1ccccc1. The zero-order chi connectivity index (χ0) is 8.32. The molecule has 1 heteroatoms. The molecule has 0 fully saturated rings. The molecular formula is C10H15N. The van der Waals surface area contributed by atoms with E-state index in [-0.39, 0.29) is 5.54 Å². The van der Waals surface area contributed by atoms with Gasteiger partial charge in [0.2, 0.25) is 0 Å². The summed E-state index contributed by atoms with van der Waals surface area (Å²) in [5.74, 6) is 0. The molecule has 0 unspecified atom stereocenters. The Bertz CT molecular complexity index is 214. The molecule has 1 rings (SSSR count). The average molecular weight is 149 g/mol. The first-order chi connectivity index (χ1) is 5.17. The summed E-state index contributed by atoms with van der Waals surface area (Å²) in [6.07, 6.45) is 0. The van der Waals surface area contributed by atoms with Crippen molar-refractivity contribution in [2.45, 2.75) is 19.4 Å². The molecule has 11 heavy (non-hydrogen) atoms. The van der Waals surface area contributed by atoms with Gasteiger partial charge in [0.15, 0.2) is 0 Å². The lowest BCUT2D eigenvalue weighted by atomic mass is 9.95. The van der Waals surface area contributed by atoms with Crippen LogP contribution < -0.4 is 5.32 Å². The first-order valence-corrected chi connectivity index (χ1v) is 3.86. The molecule has 0 amide bonds. The molecule has 0 aliphatic heterocycles. The van der Waals surface area contributed by atoms with Crippen LogP contribution in [0.5, 0.6) is 0 Å². The van der Waals surface area contributed by atoms with Crippen LogP contribution in [-0.2, 0) is 5.54 Å². The molecule has 0 aliphatic carbocycles. The fourth-order valence-corrected chi connectivity index (χ4v) is 0.986. The molecule has 0 aromatic heterocycles. The van der Waals surface area contributed by atoms with Crippen molar-refractivity contribution in [3.8, 4) is 0 Å². The third kappa shape index (κ3) is 1.81. The third-order valence-corrected chi connectivity index (χ3v) is 2.03. The Morgan fingerprint density at radius 1 is 1.18 bits per heavy atom. The lowest BCUT2D eigenvalue weighted by Gasteiger charge is -2.24. The van der Waals surface area contributed by atoms with Gasteiger partial charge in [0, 0.05) is 5.56 Å². The fourth-order valence-electron chi connectivity index (χ4n) is 0.986. The topological polar surface area (TPSA) is 16.6 Å². The number of nitrogens with two attached hydrogens (primary N) is 1. The molecule has 0 aliphatic rings. The van der Waals surface area contributed by atoms with Gasteiger partial charge in [-0.2, -0.15) is 7.05 Å². The normalized spacial score (nSPS) is 11.5. The summed E-state index contributed by atoms with van der Waals surface area (Å²) in [7, 11) is 3.81. The van der Waals surface area contributed by atoms with E-state index < -0.39 is 0 Å². The summed E-state index contributed by atoms with van der Waals surface area (Å²) >= 11 is 0. The van der Waals surface area contributed by atoms with E-state index in [1.165, 1.54) is 5.56 Å². The molecule has 0 heterocycles. The average Bonchev–Trinajstić information content (AvgIpc) is 2.06. The molecule has 0 radical (unpaired) electrons. The van der Waals surface area contributed by atoms with E-state index in [0.29, 0.717) is 0 Å². The second-order valence-corrected chi connectivity index (χ2v) is 3.29. The van der Waals surface area contributed by atoms with Gasteiger partial charge in [-0.1, -0.05) is 30.3 Å². The minimum atomic E-state index is 0.0985. The monoisotopic (exact) mass is 149 g/mol. The van der Waals surface area contributed by atoms with Gasteiger partial charge in [-0.3, -0.25) is 0 Å². The van der Waals surface area contributed by atoms with Crippen LogP contribution >= 0.6 is 0 Å². The Morgan fingerprint density at radius 3 is 2.18 bits per heavy atom. The van der Waals surface area contributed by atoms with Crippen LogP contribution in [0.2, 0.25) is 0 Å². The van der Waals surface area contributed by atoms with Crippen molar-refractivity contribution < 1.29 is 5.32 Å². The highest BCUT2D eigenvalue weighted by molar-refractivity contribution is 5.19. The van der Waals surface area contributed by atoms with Gasteiger partial charge in [-0.15, -0.1) is 0 Å². The van der Waals surface area contributed by atoms with E-state index >= 15 is 0 Å². The van der Waals surface area contributed by atoms with Gasteiger partial charge in [0.1, 0.15) is 0 Å². The summed E-state index contributed by atoms with van der Waals surface area (Å²) in [4.78, 5) is 0. The summed E-state index contributed by atoms with van der Waals surface area (Å²) in [5.41, 5.74) is 1.41. The Balaban J connectivity index is 2.93. The maximum absolute atomic E-state index is 3.81. The molecule has 0 atom stereocenters. The Labute approximate surface area is 68.4 Å². The van der Waals surface area contributed by atoms with Gasteiger partial charge in [-0.25, -0.2) is 0 Å². The van der Waals surface area contributed by atoms with Crippen LogP contribution in [0.25, 0.3) is 0 Å². The van der Waals surface area contributed by atoms with Crippen molar-refractivity contribution in [2.24, 2.45) is 0 Å². The van der Waals surface area contributed by atoms with E-state index in [0.717, 1.165) is 0 Å². The minimum Gasteiger partial charge on any atom is -0.471 e. The maximum Gasteiger partial charge on any atom is 0.0922 e.